The van der Waals surface area contributed by atoms with Gasteiger partial charge in [-0.25, -0.2) is 9.97 Å². The van der Waals surface area contributed by atoms with Gasteiger partial charge in [0.2, 0.25) is 5.88 Å². The number of rotatable bonds is 4. The molecule has 0 amide bonds. The first-order valence-corrected chi connectivity index (χ1v) is 7.70. The Morgan fingerprint density at radius 2 is 2.08 bits per heavy atom. The lowest BCUT2D eigenvalue weighted by Crippen LogP contribution is -2.39. The van der Waals surface area contributed by atoms with Crippen LogP contribution in [-0.4, -0.2) is 34.6 Å². The summed E-state index contributed by atoms with van der Waals surface area (Å²) in [6, 6.07) is 2.38. The van der Waals surface area contributed by atoms with E-state index in [0.717, 1.165) is 18.9 Å². The fourth-order valence-electron chi connectivity index (χ4n) is 2.83. The van der Waals surface area contributed by atoms with Crippen LogP contribution in [0.4, 0.5) is 19.0 Å². The fraction of sp³-hybridized carbons (Fsp3) is 0.438. The van der Waals surface area contributed by atoms with E-state index in [-0.39, 0.29) is 11.7 Å². The number of piperidine rings is 1. The van der Waals surface area contributed by atoms with Gasteiger partial charge in [-0.1, -0.05) is 0 Å². The Morgan fingerprint density at radius 1 is 1.21 bits per heavy atom. The third-order valence-electron chi connectivity index (χ3n) is 3.92. The Morgan fingerprint density at radius 3 is 2.83 bits per heavy atom. The molecular weight excluding hydrogens is 321 g/mol. The van der Waals surface area contributed by atoms with Gasteiger partial charge in [0.1, 0.15) is 5.82 Å². The van der Waals surface area contributed by atoms with E-state index >= 15 is 0 Å². The van der Waals surface area contributed by atoms with Crippen molar-refractivity contribution in [3.63, 3.8) is 0 Å². The molecule has 0 N–H and O–H groups in total. The number of halogens is 3. The molecule has 24 heavy (non-hydrogen) atoms. The van der Waals surface area contributed by atoms with E-state index in [1.165, 1.54) is 24.7 Å². The third kappa shape index (κ3) is 3.93. The number of anilines is 1. The summed E-state index contributed by atoms with van der Waals surface area (Å²) in [6.45, 7) is 1.42. The first-order valence-electron chi connectivity index (χ1n) is 7.70. The van der Waals surface area contributed by atoms with Gasteiger partial charge in [0, 0.05) is 37.6 Å². The maximum absolute atomic E-state index is 13.2. The number of pyridine rings is 1. The van der Waals surface area contributed by atoms with Gasteiger partial charge < -0.3 is 9.64 Å². The van der Waals surface area contributed by atoms with E-state index in [1.807, 2.05) is 0 Å². The zero-order valence-corrected chi connectivity index (χ0v) is 12.9. The number of hydrogen-bond acceptors (Lipinski definition) is 5. The molecule has 1 fully saturated rings. The Kier molecular flexibility index (Phi) is 4.82. The molecule has 128 valence electrons. The van der Waals surface area contributed by atoms with Gasteiger partial charge in [-0.15, -0.1) is 0 Å². The third-order valence-corrected chi connectivity index (χ3v) is 3.92. The molecule has 1 aliphatic heterocycles. The average molecular weight is 338 g/mol. The lowest BCUT2D eigenvalue weighted by atomic mass is 9.98. The van der Waals surface area contributed by atoms with Crippen LogP contribution in [0.5, 0.6) is 5.88 Å². The highest BCUT2D eigenvalue weighted by Gasteiger charge is 2.36. The highest BCUT2D eigenvalue weighted by Crippen LogP contribution is 2.36. The molecule has 8 heteroatoms. The molecule has 3 heterocycles. The maximum Gasteiger partial charge on any atom is 0.419 e. The van der Waals surface area contributed by atoms with Gasteiger partial charge in [0.15, 0.2) is 0 Å². The zero-order valence-electron chi connectivity index (χ0n) is 12.9. The minimum absolute atomic E-state index is 0.00537. The quantitative estimate of drug-likeness (QED) is 0.857. The molecule has 1 unspecified atom stereocenters. The molecule has 2 aromatic rings. The highest BCUT2D eigenvalue weighted by atomic mass is 19.4. The van der Waals surface area contributed by atoms with Crippen molar-refractivity contribution in [1.29, 1.82) is 0 Å². The topological polar surface area (TPSA) is 51.1 Å². The summed E-state index contributed by atoms with van der Waals surface area (Å²) in [5.41, 5.74) is -0.694. The molecule has 0 aromatic carbocycles. The van der Waals surface area contributed by atoms with Crippen molar-refractivity contribution >= 4 is 5.82 Å². The molecule has 0 bridgehead atoms. The van der Waals surface area contributed by atoms with Gasteiger partial charge in [-0.2, -0.15) is 13.2 Å². The molecule has 2 aromatic heterocycles. The second kappa shape index (κ2) is 7.02. The zero-order chi connectivity index (χ0) is 17.0. The average Bonchev–Trinajstić information content (AvgIpc) is 2.60. The lowest BCUT2D eigenvalue weighted by Gasteiger charge is -2.34. The molecule has 0 aliphatic carbocycles. The van der Waals surface area contributed by atoms with Gasteiger partial charge >= 0.3 is 6.18 Å². The SMILES string of the molecule is FC(F)(F)c1cccnc1N1CCCC(COc2cnccn2)C1. The van der Waals surface area contributed by atoms with Crippen molar-refractivity contribution in [3.05, 3.63) is 42.5 Å². The molecule has 0 spiro atoms. The van der Waals surface area contributed by atoms with Gasteiger partial charge in [-0.05, 0) is 25.0 Å². The standard InChI is InChI=1S/C16H17F3N4O/c17-16(18,19)13-4-1-5-22-15(13)23-8-2-3-12(10-23)11-24-14-9-20-6-7-21-14/h1,4-7,9,12H,2-3,8,10-11H2. The second-order valence-corrected chi connectivity index (χ2v) is 5.68. The summed E-state index contributed by atoms with van der Waals surface area (Å²) in [5.74, 6) is 0.529. The molecule has 3 rings (SSSR count). The van der Waals surface area contributed by atoms with E-state index in [1.54, 1.807) is 11.1 Å². The van der Waals surface area contributed by atoms with Crippen LogP contribution in [0.15, 0.2) is 36.9 Å². The van der Waals surface area contributed by atoms with Crippen LogP contribution < -0.4 is 9.64 Å². The predicted molar refractivity (Wildman–Crippen MR) is 81.7 cm³/mol. The minimum atomic E-state index is -4.41. The molecule has 5 nitrogen and oxygen atoms in total. The van der Waals surface area contributed by atoms with Crippen molar-refractivity contribution in [3.8, 4) is 5.88 Å². The fourth-order valence-corrected chi connectivity index (χ4v) is 2.83. The molecule has 1 saturated heterocycles. The molecule has 0 saturated carbocycles. The van der Waals surface area contributed by atoms with E-state index < -0.39 is 11.7 Å². The first kappa shape index (κ1) is 16.5. The summed E-state index contributed by atoms with van der Waals surface area (Å²) >= 11 is 0. The molecular formula is C16H17F3N4O. The van der Waals surface area contributed by atoms with Crippen molar-refractivity contribution in [1.82, 2.24) is 15.0 Å². The molecule has 1 atom stereocenters. The Labute approximate surface area is 137 Å². The number of hydrogen-bond donors (Lipinski definition) is 0. The summed E-state index contributed by atoms with van der Waals surface area (Å²) in [4.78, 5) is 13.6. The van der Waals surface area contributed by atoms with Crippen LogP contribution in [0.1, 0.15) is 18.4 Å². The largest absolute Gasteiger partial charge is 0.476 e. The minimum Gasteiger partial charge on any atom is -0.476 e. The van der Waals surface area contributed by atoms with Gasteiger partial charge in [-0.3, -0.25) is 4.98 Å². The van der Waals surface area contributed by atoms with Gasteiger partial charge in [0.05, 0.1) is 18.4 Å². The number of alkyl halides is 3. The van der Waals surface area contributed by atoms with E-state index in [2.05, 4.69) is 15.0 Å². The predicted octanol–water partition coefficient (Wildman–Crippen LogP) is 3.19. The first-order chi connectivity index (χ1) is 11.5. The van der Waals surface area contributed by atoms with Crippen molar-refractivity contribution in [2.75, 3.05) is 24.6 Å². The molecule has 0 radical (unpaired) electrons. The van der Waals surface area contributed by atoms with Crippen LogP contribution in [-0.2, 0) is 6.18 Å². The normalized spacial score (nSPS) is 18.5. The Bertz CT molecular complexity index is 666. The number of ether oxygens (including phenoxy) is 1. The summed E-state index contributed by atoms with van der Waals surface area (Å²) in [6.07, 6.45) is 3.27. The smallest absolute Gasteiger partial charge is 0.419 e. The molecule has 1 aliphatic rings. The van der Waals surface area contributed by atoms with Crippen LogP contribution in [0.25, 0.3) is 0 Å². The Balaban J connectivity index is 1.68. The second-order valence-electron chi connectivity index (χ2n) is 5.68. The van der Waals surface area contributed by atoms with Crippen molar-refractivity contribution in [2.45, 2.75) is 19.0 Å². The van der Waals surface area contributed by atoms with Crippen LogP contribution >= 0.6 is 0 Å². The van der Waals surface area contributed by atoms with Crippen LogP contribution in [0.2, 0.25) is 0 Å². The van der Waals surface area contributed by atoms with Crippen molar-refractivity contribution < 1.29 is 17.9 Å². The lowest BCUT2D eigenvalue weighted by molar-refractivity contribution is -0.137. The highest BCUT2D eigenvalue weighted by molar-refractivity contribution is 5.48. The summed E-state index contributed by atoms with van der Waals surface area (Å²) < 4.78 is 45.1. The monoisotopic (exact) mass is 338 g/mol. The van der Waals surface area contributed by atoms with E-state index in [4.69, 9.17) is 4.74 Å². The summed E-state index contributed by atoms with van der Waals surface area (Å²) in [7, 11) is 0. The van der Waals surface area contributed by atoms with E-state index in [0.29, 0.717) is 25.6 Å². The van der Waals surface area contributed by atoms with Gasteiger partial charge in [0.25, 0.3) is 0 Å². The Hall–Kier alpha value is -2.38. The maximum atomic E-state index is 13.2. The number of nitrogens with zero attached hydrogens (tertiary/aromatic N) is 4. The van der Waals surface area contributed by atoms with Crippen LogP contribution in [0, 0.1) is 5.92 Å². The summed E-state index contributed by atoms with van der Waals surface area (Å²) in [5, 5.41) is 0. The van der Waals surface area contributed by atoms with Crippen LogP contribution in [0.3, 0.4) is 0 Å². The van der Waals surface area contributed by atoms with Crippen molar-refractivity contribution in [2.24, 2.45) is 5.92 Å². The van der Waals surface area contributed by atoms with E-state index in [9.17, 15) is 13.2 Å². The number of aromatic nitrogens is 3.